The second-order valence-corrected chi connectivity index (χ2v) is 10.1. The summed E-state index contributed by atoms with van der Waals surface area (Å²) in [4.78, 5) is 21.8. The number of alkyl halides is 6. The predicted octanol–water partition coefficient (Wildman–Crippen LogP) is 6.09. The average Bonchev–Trinajstić information content (AvgIpc) is 3.02. The number of aryl methyl sites for hydroxylation is 1. The molecule has 0 spiro atoms. The molecular weight excluding hydrogens is 575 g/mol. The van der Waals surface area contributed by atoms with E-state index in [4.69, 9.17) is 27.9 Å². The van der Waals surface area contributed by atoms with Crippen LogP contribution in [0.1, 0.15) is 29.0 Å². The van der Waals surface area contributed by atoms with Gasteiger partial charge in [-0.3, -0.25) is 9.59 Å². The molecule has 39 heavy (non-hydrogen) atoms. The summed E-state index contributed by atoms with van der Waals surface area (Å²) < 4.78 is 72.9. The third kappa shape index (κ3) is 6.13. The molecule has 3 aliphatic rings. The first-order valence-corrected chi connectivity index (χ1v) is 12.6. The number of nitrogens with zero attached hydrogens (tertiary/aromatic N) is 1. The predicted molar refractivity (Wildman–Crippen MR) is 134 cm³/mol. The van der Waals surface area contributed by atoms with Gasteiger partial charge in [0, 0.05) is 42.0 Å². The Bertz CT molecular complexity index is 1260. The average molecular weight is 598 g/mol. The van der Waals surface area contributed by atoms with Gasteiger partial charge in [0.15, 0.2) is 0 Å². The number of fused-ring (bicyclic) bond motifs is 3. The van der Waals surface area contributed by atoms with Crippen LogP contribution >= 0.6 is 23.2 Å². The van der Waals surface area contributed by atoms with Gasteiger partial charge >= 0.3 is 23.9 Å². The number of hydrogen-bond acceptors (Lipinski definition) is 6. The van der Waals surface area contributed by atoms with E-state index < -0.39 is 23.9 Å². The largest absolute Gasteiger partial charge is 0.458 e. The van der Waals surface area contributed by atoms with Gasteiger partial charge < -0.3 is 20.3 Å². The number of ketones is 2. The molecule has 0 radical (unpaired) electrons. The van der Waals surface area contributed by atoms with E-state index in [2.05, 4.69) is 27.7 Å². The van der Waals surface area contributed by atoms with E-state index in [0.717, 1.165) is 43.2 Å². The number of benzene rings is 2. The van der Waals surface area contributed by atoms with Crippen LogP contribution in [0.15, 0.2) is 24.3 Å². The van der Waals surface area contributed by atoms with Crippen molar-refractivity contribution in [2.75, 3.05) is 36.5 Å². The minimum absolute atomic E-state index is 0.524. The van der Waals surface area contributed by atoms with E-state index in [9.17, 15) is 35.9 Å². The van der Waals surface area contributed by atoms with Crippen molar-refractivity contribution in [3.63, 3.8) is 0 Å². The van der Waals surface area contributed by atoms with Crippen LogP contribution in [0.25, 0.3) is 0 Å². The molecule has 0 amide bonds. The molecule has 2 aromatic carbocycles. The first kappa shape index (κ1) is 29.4. The highest BCUT2D eigenvalue weighted by Gasteiger charge is 2.54. The SMILES string of the molecule is Cc1ccc(Cl)c(Nc2cc3c4c(c2)[C@@H]2CNCC[C@@H]2N4CCOC3)c1Cl.O=C(C(=O)C(F)(F)F)C(F)(F)F. The quantitative estimate of drug-likeness (QED) is 0.330. The van der Waals surface area contributed by atoms with Crippen LogP contribution in [0.2, 0.25) is 10.0 Å². The van der Waals surface area contributed by atoms with E-state index in [-0.39, 0.29) is 0 Å². The molecule has 0 aromatic heterocycles. The van der Waals surface area contributed by atoms with Gasteiger partial charge in [0.1, 0.15) is 0 Å². The van der Waals surface area contributed by atoms with Crippen molar-refractivity contribution in [1.29, 1.82) is 0 Å². The molecule has 0 unspecified atom stereocenters. The van der Waals surface area contributed by atoms with Crippen molar-refractivity contribution in [3.8, 4) is 0 Å². The Morgan fingerprint density at radius 3 is 2.38 bits per heavy atom. The third-order valence-corrected chi connectivity index (χ3v) is 7.56. The van der Waals surface area contributed by atoms with E-state index in [1.807, 2.05) is 19.1 Å². The molecule has 14 heteroatoms. The maximum atomic E-state index is 11.2. The van der Waals surface area contributed by atoms with Crippen LogP contribution in [-0.4, -0.2) is 56.2 Å². The molecule has 0 saturated carbocycles. The topological polar surface area (TPSA) is 70.7 Å². The summed E-state index contributed by atoms with van der Waals surface area (Å²) in [7, 11) is 0. The standard InChI is InChI=1S/C21H23Cl2N3O.C4F6O2/c1-12-2-3-17(22)20(19(12)23)25-14-8-13-11-27-7-6-26-18-4-5-24-10-16(18)15(9-14)21(13)26;5-3(6,7)1(11)2(12)4(8,9)10/h2-3,8-9,16,18,24-25H,4-7,10-11H2,1H3;/t16-,18-;/m0./s1. The second-order valence-electron chi connectivity index (χ2n) is 9.32. The van der Waals surface area contributed by atoms with Crippen LogP contribution in [0.5, 0.6) is 0 Å². The minimum atomic E-state index is -5.77. The summed E-state index contributed by atoms with van der Waals surface area (Å²) in [6.45, 7) is 6.51. The molecule has 3 aliphatic heterocycles. The molecule has 1 saturated heterocycles. The van der Waals surface area contributed by atoms with Crippen LogP contribution in [-0.2, 0) is 20.9 Å². The van der Waals surface area contributed by atoms with Crippen molar-refractivity contribution in [3.05, 3.63) is 51.0 Å². The molecule has 5 rings (SSSR count). The summed E-state index contributed by atoms with van der Waals surface area (Å²) in [6.07, 6.45) is -10.4. The molecule has 1 fully saturated rings. The summed E-state index contributed by atoms with van der Waals surface area (Å²) in [5, 5.41) is 8.36. The maximum Gasteiger partial charge on any atom is 0.458 e. The van der Waals surface area contributed by atoms with Crippen molar-refractivity contribution in [2.45, 2.75) is 44.3 Å². The van der Waals surface area contributed by atoms with Crippen molar-refractivity contribution in [2.24, 2.45) is 0 Å². The third-order valence-electron chi connectivity index (χ3n) is 6.76. The van der Waals surface area contributed by atoms with Gasteiger partial charge in [-0.25, -0.2) is 0 Å². The summed E-state index contributed by atoms with van der Waals surface area (Å²) in [5.41, 5.74) is 6.86. The van der Waals surface area contributed by atoms with E-state index in [1.165, 1.54) is 23.2 Å². The lowest BCUT2D eigenvalue weighted by molar-refractivity contribution is -0.193. The van der Waals surface area contributed by atoms with Gasteiger partial charge in [-0.15, -0.1) is 0 Å². The number of halogens is 8. The lowest BCUT2D eigenvalue weighted by atomic mass is 9.89. The minimum Gasteiger partial charge on any atom is -0.375 e. The first-order valence-electron chi connectivity index (χ1n) is 11.9. The molecular formula is C25H23Cl2F6N3O3. The van der Waals surface area contributed by atoms with Crippen LogP contribution in [0.3, 0.4) is 0 Å². The number of nitrogens with one attached hydrogen (secondary N) is 2. The van der Waals surface area contributed by atoms with Crippen LogP contribution in [0, 0.1) is 6.92 Å². The Morgan fingerprint density at radius 1 is 1.08 bits per heavy atom. The zero-order valence-electron chi connectivity index (χ0n) is 20.4. The summed E-state index contributed by atoms with van der Waals surface area (Å²) >= 11 is 12.9. The Labute approximate surface area is 229 Å². The maximum absolute atomic E-state index is 11.2. The van der Waals surface area contributed by atoms with Crippen LogP contribution < -0.4 is 15.5 Å². The molecule has 212 valence electrons. The van der Waals surface area contributed by atoms with Crippen molar-refractivity contribution >= 4 is 51.8 Å². The second kappa shape index (κ2) is 11.1. The van der Waals surface area contributed by atoms with Crippen molar-refractivity contribution in [1.82, 2.24) is 5.32 Å². The summed E-state index contributed by atoms with van der Waals surface area (Å²) in [6, 6.07) is 8.87. The number of carbonyl (C=O) groups excluding carboxylic acids is 2. The zero-order chi connectivity index (χ0) is 28.7. The Kier molecular flexibility index (Phi) is 8.42. The fourth-order valence-corrected chi connectivity index (χ4v) is 5.50. The molecule has 0 bridgehead atoms. The van der Waals surface area contributed by atoms with E-state index in [0.29, 0.717) is 28.6 Å². The van der Waals surface area contributed by atoms with Gasteiger partial charge in [-0.05, 0) is 49.2 Å². The smallest absolute Gasteiger partial charge is 0.375 e. The van der Waals surface area contributed by atoms with Gasteiger partial charge in [0.2, 0.25) is 0 Å². The normalized spacial score (nSPS) is 20.3. The lowest BCUT2D eigenvalue weighted by Crippen LogP contribution is -2.44. The number of ether oxygens (including phenoxy) is 1. The molecule has 3 heterocycles. The Morgan fingerprint density at radius 2 is 1.74 bits per heavy atom. The monoisotopic (exact) mass is 597 g/mol. The molecule has 2 N–H and O–H groups in total. The van der Waals surface area contributed by atoms with Crippen molar-refractivity contribution < 1.29 is 40.7 Å². The molecule has 2 atom stereocenters. The number of anilines is 3. The highest BCUT2D eigenvalue weighted by molar-refractivity contribution is 6.41. The molecule has 6 nitrogen and oxygen atoms in total. The van der Waals surface area contributed by atoms with E-state index >= 15 is 0 Å². The number of hydrogen-bond donors (Lipinski definition) is 2. The molecule has 2 aromatic rings. The fourth-order valence-electron chi connectivity index (χ4n) is 5.03. The lowest BCUT2D eigenvalue weighted by Gasteiger charge is -2.33. The van der Waals surface area contributed by atoms with Gasteiger partial charge in [-0.1, -0.05) is 29.3 Å². The molecule has 0 aliphatic carbocycles. The fraction of sp³-hybridized carbons (Fsp3) is 0.440. The van der Waals surface area contributed by atoms with Gasteiger partial charge in [0.05, 0.1) is 28.9 Å². The highest BCUT2D eigenvalue weighted by Crippen LogP contribution is 2.48. The number of piperidine rings is 1. The van der Waals surface area contributed by atoms with Crippen LogP contribution in [0.4, 0.5) is 43.4 Å². The van der Waals surface area contributed by atoms with Gasteiger partial charge in [0.25, 0.3) is 0 Å². The zero-order valence-corrected chi connectivity index (χ0v) is 21.9. The summed E-state index contributed by atoms with van der Waals surface area (Å²) in [5.74, 6) is -6.29. The Hall–Kier alpha value is -2.54. The van der Waals surface area contributed by atoms with Gasteiger partial charge in [-0.2, -0.15) is 26.3 Å². The van der Waals surface area contributed by atoms with E-state index in [1.54, 1.807) is 0 Å². The number of rotatable bonds is 3. The highest BCUT2D eigenvalue weighted by atomic mass is 35.5. The number of Topliss-reactive ketones (excluding diaryl/α,β-unsaturated/α-hetero) is 2. The Balaban J connectivity index is 0.000000251. The first-order chi connectivity index (χ1) is 18.2. The number of carbonyl (C=O) groups is 2.